The van der Waals surface area contributed by atoms with Gasteiger partial charge in [-0.3, -0.25) is 0 Å². The molecule has 0 N–H and O–H groups in total. The van der Waals surface area contributed by atoms with Crippen molar-refractivity contribution in [1.29, 1.82) is 5.26 Å². The van der Waals surface area contributed by atoms with Gasteiger partial charge in [-0.25, -0.2) is 0 Å². The molecule has 1 heterocycles. The molecule has 1 saturated heterocycles. The normalized spacial score (nSPS) is 21.9. The Bertz CT molecular complexity index is 586. The Morgan fingerprint density at radius 2 is 1.72 bits per heavy atom. The van der Waals surface area contributed by atoms with Crippen LogP contribution in [0.5, 0.6) is 0 Å². The van der Waals surface area contributed by atoms with Crippen LogP contribution in [-0.4, -0.2) is 6.10 Å². The van der Waals surface area contributed by atoms with Crippen molar-refractivity contribution in [2.45, 2.75) is 18.6 Å². The van der Waals surface area contributed by atoms with Crippen molar-refractivity contribution in [3.05, 3.63) is 71.3 Å². The first kappa shape index (κ1) is 11.0. The van der Waals surface area contributed by atoms with Gasteiger partial charge in [-0.15, -0.1) is 0 Å². The second kappa shape index (κ2) is 4.64. The maximum Gasteiger partial charge on any atom is 0.110 e. The molecule has 0 radical (unpaired) electrons. The molecule has 2 aromatic rings. The van der Waals surface area contributed by atoms with E-state index in [-0.39, 0.29) is 0 Å². The lowest BCUT2D eigenvalue weighted by molar-refractivity contribution is 0.361. The van der Waals surface area contributed by atoms with Crippen molar-refractivity contribution in [2.75, 3.05) is 0 Å². The first-order valence-electron chi connectivity index (χ1n) is 6.07. The number of fused-ring (bicyclic) bond motifs is 3. The predicted octanol–water partition coefficient (Wildman–Crippen LogP) is 3.24. The maximum absolute atomic E-state index is 8.29. The lowest BCUT2D eigenvalue weighted by Crippen LogP contribution is -1.86. The first-order valence-corrected chi connectivity index (χ1v) is 6.07. The highest BCUT2D eigenvalue weighted by Gasteiger charge is 2.46. The van der Waals surface area contributed by atoms with Gasteiger partial charge < -0.3 is 4.74 Å². The number of hydrogen-bond acceptors (Lipinski definition) is 2. The third-order valence-electron chi connectivity index (χ3n) is 3.27. The summed E-state index contributed by atoms with van der Waals surface area (Å²) in [4.78, 5) is 0. The van der Waals surface area contributed by atoms with Crippen LogP contribution >= 0.6 is 0 Å². The Hall–Kier alpha value is -2.11. The van der Waals surface area contributed by atoms with Gasteiger partial charge in [0.1, 0.15) is 6.10 Å². The van der Waals surface area contributed by atoms with Crippen LogP contribution in [0.3, 0.4) is 0 Å². The second-order valence-corrected chi connectivity index (χ2v) is 4.48. The molecular weight excluding hydrogens is 222 g/mol. The van der Waals surface area contributed by atoms with E-state index < -0.39 is 0 Å². The largest absolute Gasteiger partial charge is 0.364 e. The van der Waals surface area contributed by atoms with Crippen molar-refractivity contribution in [1.82, 2.24) is 0 Å². The van der Waals surface area contributed by atoms with Gasteiger partial charge in [0.05, 0.1) is 17.7 Å². The molecule has 1 fully saturated rings. The van der Waals surface area contributed by atoms with Crippen LogP contribution in [0.25, 0.3) is 0 Å². The quantitative estimate of drug-likeness (QED) is 0.657. The van der Waals surface area contributed by atoms with Crippen molar-refractivity contribution < 1.29 is 4.74 Å². The van der Waals surface area contributed by atoms with Crippen LogP contribution in [0.2, 0.25) is 0 Å². The molecule has 1 aliphatic heterocycles. The molecule has 18 heavy (non-hydrogen) atoms. The van der Waals surface area contributed by atoms with Crippen LogP contribution in [-0.2, 0) is 11.2 Å². The molecule has 0 bridgehead atoms. The molecule has 0 spiro atoms. The Morgan fingerprint density at radius 1 is 1.00 bits per heavy atom. The molecule has 2 nitrogen and oxygen atoms in total. The Balaban J connectivity index is 0.000000115. The number of nitrogens with zero attached hydrogens (tertiary/aromatic N) is 1. The van der Waals surface area contributed by atoms with Crippen LogP contribution in [0.15, 0.2) is 54.6 Å². The highest BCUT2D eigenvalue weighted by atomic mass is 16.6. The van der Waals surface area contributed by atoms with Crippen LogP contribution in [0.4, 0.5) is 0 Å². The highest BCUT2D eigenvalue weighted by molar-refractivity contribution is 5.38. The maximum atomic E-state index is 8.29. The van der Waals surface area contributed by atoms with Gasteiger partial charge >= 0.3 is 0 Å². The number of benzene rings is 2. The van der Waals surface area contributed by atoms with Gasteiger partial charge in [-0.1, -0.05) is 42.5 Å². The summed E-state index contributed by atoms with van der Waals surface area (Å²) in [6.45, 7) is 0. The Morgan fingerprint density at radius 3 is 2.39 bits per heavy atom. The van der Waals surface area contributed by atoms with E-state index in [0.717, 1.165) is 6.42 Å². The summed E-state index contributed by atoms with van der Waals surface area (Å²) in [5.41, 5.74) is 3.63. The molecule has 88 valence electrons. The van der Waals surface area contributed by atoms with E-state index in [4.69, 9.17) is 10.00 Å². The van der Waals surface area contributed by atoms with E-state index in [1.807, 2.05) is 24.3 Å². The molecule has 0 aromatic heterocycles. The van der Waals surface area contributed by atoms with Gasteiger partial charge in [0.15, 0.2) is 0 Å². The minimum absolute atomic E-state index is 0.469. The summed E-state index contributed by atoms with van der Waals surface area (Å²) >= 11 is 0. The lowest BCUT2D eigenvalue weighted by atomic mass is 10.1. The third-order valence-corrected chi connectivity index (χ3v) is 3.27. The Labute approximate surface area is 106 Å². The van der Waals surface area contributed by atoms with Crippen molar-refractivity contribution in [3.8, 4) is 6.07 Å². The minimum Gasteiger partial charge on any atom is -0.364 e. The molecule has 2 aromatic carbocycles. The summed E-state index contributed by atoms with van der Waals surface area (Å²) < 4.78 is 5.38. The molecule has 1 aliphatic carbocycles. The first-order chi connectivity index (χ1) is 8.88. The fourth-order valence-corrected chi connectivity index (χ4v) is 2.30. The number of hydrogen-bond donors (Lipinski definition) is 0. The minimum atomic E-state index is 0.469. The Kier molecular flexibility index (Phi) is 2.84. The molecule has 2 aliphatic rings. The predicted molar refractivity (Wildman–Crippen MR) is 68.9 cm³/mol. The summed E-state index contributed by atoms with van der Waals surface area (Å²) in [6.07, 6.45) is 2.15. The van der Waals surface area contributed by atoms with E-state index in [1.165, 1.54) is 11.1 Å². The van der Waals surface area contributed by atoms with Crippen LogP contribution < -0.4 is 0 Å². The van der Waals surface area contributed by atoms with Gasteiger partial charge in [0, 0.05) is 6.42 Å². The SMILES string of the molecule is N#Cc1ccccc1.c1ccc2c(c1)CC1OC21. The summed E-state index contributed by atoms with van der Waals surface area (Å²) in [5, 5.41) is 8.29. The van der Waals surface area contributed by atoms with Gasteiger partial charge in [0.2, 0.25) is 0 Å². The molecule has 0 saturated carbocycles. The van der Waals surface area contributed by atoms with E-state index in [1.54, 1.807) is 12.1 Å². The topological polar surface area (TPSA) is 36.3 Å². The van der Waals surface area contributed by atoms with E-state index >= 15 is 0 Å². The average Bonchev–Trinajstić information content (AvgIpc) is 3.13. The fraction of sp³-hybridized carbons (Fsp3) is 0.188. The second-order valence-electron chi connectivity index (χ2n) is 4.48. The zero-order valence-electron chi connectivity index (χ0n) is 9.91. The highest BCUT2D eigenvalue weighted by Crippen LogP contribution is 2.48. The van der Waals surface area contributed by atoms with Gasteiger partial charge in [0.25, 0.3) is 0 Å². The standard InChI is InChI=1S/C9H8O.C7H5N/c1-2-4-7-6(3-1)5-8-9(7)10-8;8-6-7-4-2-1-3-5-7/h1-4,8-9H,5H2;1-5H. The number of nitriles is 1. The van der Waals surface area contributed by atoms with E-state index in [2.05, 4.69) is 24.3 Å². The smallest absolute Gasteiger partial charge is 0.110 e. The van der Waals surface area contributed by atoms with Crippen LogP contribution in [0.1, 0.15) is 22.8 Å². The molecule has 0 amide bonds. The number of ether oxygens (including phenoxy) is 1. The summed E-state index contributed by atoms with van der Waals surface area (Å²) in [7, 11) is 0. The molecule has 2 unspecified atom stereocenters. The molecule has 4 rings (SSSR count). The van der Waals surface area contributed by atoms with E-state index in [0.29, 0.717) is 17.8 Å². The lowest BCUT2D eigenvalue weighted by Gasteiger charge is -1.98. The molecular formula is C16H13NO. The molecule has 2 atom stereocenters. The third kappa shape index (κ3) is 2.13. The summed E-state index contributed by atoms with van der Waals surface area (Å²) in [6, 6.07) is 19.7. The zero-order chi connectivity index (χ0) is 12.4. The summed E-state index contributed by atoms with van der Waals surface area (Å²) in [5.74, 6) is 0. The zero-order valence-corrected chi connectivity index (χ0v) is 9.91. The average molecular weight is 235 g/mol. The van der Waals surface area contributed by atoms with Crippen molar-refractivity contribution in [3.63, 3.8) is 0 Å². The monoisotopic (exact) mass is 235 g/mol. The van der Waals surface area contributed by atoms with Crippen LogP contribution in [0, 0.1) is 11.3 Å². The van der Waals surface area contributed by atoms with Crippen molar-refractivity contribution in [2.24, 2.45) is 0 Å². The van der Waals surface area contributed by atoms with Crippen molar-refractivity contribution >= 4 is 0 Å². The van der Waals surface area contributed by atoms with Gasteiger partial charge in [-0.05, 0) is 23.3 Å². The number of epoxide rings is 1. The van der Waals surface area contributed by atoms with Gasteiger partial charge in [-0.2, -0.15) is 5.26 Å². The fourth-order valence-electron chi connectivity index (χ4n) is 2.30. The van der Waals surface area contributed by atoms with E-state index in [9.17, 15) is 0 Å². The molecule has 2 heteroatoms. The number of rotatable bonds is 0.